The number of para-hydroxylation sites is 1. The molecule has 2 N–H and O–H groups in total. The number of fused-ring (bicyclic) bond motifs is 1. The molecular weight excluding hydrogens is 320 g/mol. The SMILES string of the molecule is Cl.O=C(O)C(Cc1ccccc1)Nc1nc2ccccc2s1. The molecule has 0 aliphatic carbocycles. The highest BCUT2D eigenvalue weighted by Crippen LogP contribution is 2.26. The van der Waals surface area contributed by atoms with Gasteiger partial charge in [-0.3, -0.25) is 0 Å². The molecule has 1 heterocycles. The Morgan fingerprint density at radius 3 is 2.50 bits per heavy atom. The van der Waals surface area contributed by atoms with Gasteiger partial charge in [0.25, 0.3) is 0 Å². The molecule has 1 unspecified atom stereocenters. The lowest BCUT2D eigenvalue weighted by Crippen LogP contribution is -2.31. The van der Waals surface area contributed by atoms with Gasteiger partial charge in [0, 0.05) is 6.42 Å². The van der Waals surface area contributed by atoms with E-state index in [0.29, 0.717) is 11.6 Å². The average molecular weight is 335 g/mol. The predicted octanol–water partition coefficient (Wildman–Crippen LogP) is 3.83. The van der Waals surface area contributed by atoms with E-state index in [1.165, 1.54) is 11.3 Å². The number of aliphatic carboxylic acids is 1. The molecule has 0 fully saturated rings. The van der Waals surface area contributed by atoms with Crippen molar-refractivity contribution >= 4 is 45.1 Å². The zero-order chi connectivity index (χ0) is 14.7. The number of carboxylic acid groups (broad SMARTS) is 1. The number of hydrogen-bond acceptors (Lipinski definition) is 4. The molecule has 0 aliphatic rings. The highest BCUT2D eigenvalue weighted by atomic mass is 35.5. The third-order valence-electron chi connectivity index (χ3n) is 3.17. The second kappa shape index (κ2) is 7.24. The van der Waals surface area contributed by atoms with Crippen molar-refractivity contribution in [1.29, 1.82) is 0 Å². The molecule has 0 bridgehead atoms. The van der Waals surface area contributed by atoms with Gasteiger partial charge in [0.05, 0.1) is 10.2 Å². The van der Waals surface area contributed by atoms with E-state index in [1.807, 2.05) is 54.6 Å². The summed E-state index contributed by atoms with van der Waals surface area (Å²) in [6.07, 6.45) is 0.423. The Hall–Kier alpha value is -2.11. The molecule has 4 nitrogen and oxygen atoms in total. The molecule has 2 aromatic carbocycles. The first-order chi connectivity index (χ1) is 10.2. The zero-order valence-corrected chi connectivity index (χ0v) is 13.2. The van der Waals surface area contributed by atoms with Crippen LogP contribution in [0.25, 0.3) is 10.2 Å². The minimum Gasteiger partial charge on any atom is -0.480 e. The number of aromatic nitrogens is 1. The van der Waals surface area contributed by atoms with Crippen LogP contribution >= 0.6 is 23.7 Å². The van der Waals surface area contributed by atoms with Crippen LogP contribution in [0.2, 0.25) is 0 Å². The molecule has 0 saturated carbocycles. The number of benzene rings is 2. The van der Waals surface area contributed by atoms with Crippen molar-refractivity contribution in [3.05, 3.63) is 60.2 Å². The minimum atomic E-state index is -0.877. The summed E-state index contributed by atoms with van der Waals surface area (Å²) >= 11 is 1.47. The van der Waals surface area contributed by atoms with Gasteiger partial charge in [0.1, 0.15) is 6.04 Å². The molecular formula is C16H15ClN2O2S. The summed E-state index contributed by atoms with van der Waals surface area (Å²) in [7, 11) is 0. The van der Waals surface area contributed by atoms with Crippen LogP contribution in [0.3, 0.4) is 0 Å². The van der Waals surface area contributed by atoms with Crippen LogP contribution in [0.4, 0.5) is 5.13 Å². The van der Waals surface area contributed by atoms with Crippen LogP contribution in [-0.2, 0) is 11.2 Å². The normalized spacial score (nSPS) is 11.6. The standard InChI is InChI=1S/C16H14N2O2S.ClH/c19-15(20)13(10-11-6-2-1-3-7-11)18-16-17-12-8-4-5-9-14(12)21-16;/h1-9,13H,10H2,(H,17,18)(H,19,20);1H. The third kappa shape index (κ3) is 3.75. The van der Waals surface area contributed by atoms with Gasteiger partial charge in [0.15, 0.2) is 5.13 Å². The maximum atomic E-state index is 11.4. The summed E-state index contributed by atoms with van der Waals surface area (Å²) in [5, 5.41) is 13.0. The first-order valence-corrected chi connectivity index (χ1v) is 7.43. The fourth-order valence-corrected chi connectivity index (χ4v) is 3.05. The van der Waals surface area contributed by atoms with Crippen LogP contribution in [0.5, 0.6) is 0 Å². The highest BCUT2D eigenvalue weighted by molar-refractivity contribution is 7.22. The number of halogens is 1. The van der Waals surface area contributed by atoms with Gasteiger partial charge in [0.2, 0.25) is 0 Å². The van der Waals surface area contributed by atoms with Crippen LogP contribution in [-0.4, -0.2) is 22.1 Å². The van der Waals surface area contributed by atoms with Crippen LogP contribution in [0, 0.1) is 0 Å². The Balaban J connectivity index is 0.00000176. The predicted molar refractivity (Wildman–Crippen MR) is 92.1 cm³/mol. The van der Waals surface area contributed by atoms with Gasteiger partial charge < -0.3 is 10.4 Å². The maximum Gasteiger partial charge on any atom is 0.326 e. The van der Waals surface area contributed by atoms with Crippen molar-refractivity contribution in [2.75, 3.05) is 5.32 Å². The number of thiazole rings is 1. The lowest BCUT2D eigenvalue weighted by Gasteiger charge is -2.13. The number of carbonyl (C=O) groups is 1. The summed E-state index contributed by atoms with van der Waals surface area (Å²) in [6.45, 7) is 0. The van der Waals surface area contributed by atoms with Crippen molar-refractivity contribution in [1.82, 2.24) is 4.98 Å². The number of rotatable bonds is 5. The Labute approximate surface area is 138 Å². The molecule has 0 amide bonds. The second-order valence-electron chi connectivity index (χ2n) is 4.71. The van der Waals surface area contributed by atoms with Crippen molar-refractivity contribution < 1.29 is 9.90 Å². The van der Waals surface area contributed by atoms with Gasteiger partial charge in [-0.25, -0.2) is 9.78 Å². The maximum absolute atomic E-state index is 11.4. The minimum absolute atomic E-state index is 0. The van der Waals surface area contributed by atoms with E-state index in [-0.39, 0.29) is 12.4 Å². The summed E-state index contributed by atoms with van der Waals surface area (Å²) in [6, 6.07) is 16.7. The summed E-state index contributed by atoms with van der Waals surface area (Å²) in [5.74, 6) is -0.877. The Morgan fingerprint density at radius 2 is 1.82 bits per heavy atom. The molecule has 22 heavy (non-hydrogen) atoms. The molecule has 3 rings (SSSR count). The first-order valence-electron chi connectivity index (χ1n) is 6.61. The van der Waals surface area contributed by atoms with Gasteiger partial charge in [-0.05, 0) is 17.7 Å². The van der Waals surface area contributed by atoms with E-state index in [9.17, 15) is 9.90 Å². The van der Waals surface area contributed by atoms with Gasteiger partial charge in [-0.1, -0.05) is 53.8 Å². The van der Waals surface area contributed by atoms with Crippen molar-refractivity contribution in [2.45, 2.75) is 12.5 Å². The third-order valence-corrected chi connectivity index (χ3v) is 4.14. The molecule has 0 spiro atoms. The van der Waals surface area contributed by atoms with Gasteiger partial charge in [-0.15, -0.1) is 12.4 Å². The zero-order valence-electron chi connectivity index (χ0n) is 11.6. The van der Waals surface area contributed by atoms with Gasteiger partial charge in [-0.2, -0.15) is 0 Å². The molecule has 1 atom stereocenters. The fraction of sp³-hybridized carbons (Fsp3) is 0.125. The number of anilines is 1. The highest BCUT2D eigenvalue weighted by Gasteiger charge is 2.19. The van der Waals surface area contributed by atoms with Crippen LogP contribution in [0.1, 0.15) is 5.56 Å². The van der Waals surface area contributed by atoms with E-state index < -0.39 is 12.0 Å². The second-order valence-corrected chi connectivity index (χ2v) is 5.74. The van der Waals surface area contributed by atoms with Crippen molar-refractivity contribution in [2.24, 2.45) is 0 Å². The van der Waals surface area contributed by atoms with E-state index in [0.717, 1.165) is 15.8 Å². The molecule has 1 aromatic heterocycles. The van der Waals surface area contributed by atoms with Crippen LogP contribution < -0.4 is 5.32 Å². The molecule has 3 aromatic rings. The Morgan fingerprint density at radius 1 is 1.14 bits per heavy atom. The lowest BCUT2D eigenvalue weighted by atomic mass is 10.1. The fourth-order valence-electron chi connectivity index (χ4n) is 2.13. The number of nitrogens with zero attached hydrogens (tertiary/aromatic N) is 1. The average Bonchev–Trinajstić information content (AvgIpc) is 2.90. The lowest BCUT2D eigenvalue weighted by molar-refractivity contribution is -0.137. The number of hydrogen-bond donors (Lipinski definition) is 2. The van der Waals surface area contributed by atoms with Gasteiger partial charge >= 0.3 is 5.97 Å². The topological polar surface area (TPSA) is 62.2 Å². The van der Waals surface area contributed by atoms with E-state index >= 15 is 0 Å². The summed E-state index contributed by atoms with van der Waals surface area (Å²) in [5.41, 5.74) is 1.87. The van der Waals surface area contributed by atoms with E-state index in [1.54, 1.807) is 0 Å². The first kappa shape index (κ1) is 16.3. The Bertz CT molecular complexity index is 728. The quantitative estimate of drug-likeness (QED) is 0.744. The van der Waals surface area contributed by atoms with Crippen molar-refractivity contribution in [3.63, 3.8) is 0 Å². The number of nitrogens with one attached hydrogen (secondary N) is 1. The molecule has 114 valence electrons. The smallest absolute Gasteiger partial charge is 0.326 e. The Kier molecular flexibility index (Phi) is 5.35. The molecule has 0 radical (unpaired) electrons. The molecule has 6 heteroatoms. The molecule has 0 saturated heterocycles. The van der Waals surface area contributed by atoms with E-state index in [2.05, 4.69) is 10.3 Å². The monoisotopic (exact) mass is 334 g/mol. The summed E-state index contributed by atoms with van der Waals surface area (Å²) in [4.78, 5) is 15.9. The molecule has 0 aliphatic heterocycles. The van der Waals surface area contributed by atoms with Crippen molar-refractivity contribution in [3.8, 4) is 0 Å². The summed E-state index contributed by atoms with van der Waals surface area (Å²) < 4.78 is 1.05. The van der Waals surface area contributed by atoms with E-state index in [4.69, 9.17) is 0 Å². The van der Waals surface area contributed by atoms with Crippen LogP contribution in [0.15, 0.2) is 54.6 Å². The number of carboxylic acids is 1. The largest absolute Gasteiger partial charge is 0.480 e.